The Balaban J connectivity index is 0.000000155. The van der Waals surface area contributed by atoms with E-state index in [4.69, 9.17) is 0 Å². The molecule has 38 heavy (non-hydrogen) atoms. The van der Waals surface area contributed by atoms with E-state index in [1.165, 1.54) is 9.13 Å². The number of halogens is 6. The van der Waals surface area contributed by atoms with Gasteiger partial charge < -0.3 is 10.6 Å². The third-order valence-corrected chi connectivity index (χ3v) is 6.31. The molecular formula is C26H24F6N6. The lowest BCUT2D eigenvalue weighted by Gasteiger charge is -2.16. The fourth-order valence-corrected chi connectivity index (χ4v) is 4.71. The minimum absolute atomic E-state index is 0.387. The third-order valence-electron chi connectivity index (χ3n) is 6.31. The zero-order chi connectivity index (χ0) is 26.9. The molecule has 2 N–H and O–H groups in total. The van der Waals surface area contributed by atoms with Crippen molar-refractivity contribution in [3.63, 3.8) is 0 Å². The number of imidazole rings is 2. The molecule has 12 heteroatoms. The zero-order valence-corrected chi connectivity index (χ0v) is 20.1. The molecule has 200 valence electrons. The quantitative estimate of drug-likeness (QED) is 0.353. The van der Waals surface area contributed by atoms with E-state index in [-0.39, 0.29) is 0 Å². The maximum Gasteiger partial charge on any atom is 0.450 e. The van der Waals surface area contributed by atoms with Gasteiger partial charge in [-0.3, -0.25) is 9.13 Å². The molecule has 2 aromatic carbocycles. The van der Waals surface area contributed by atoms with Gasteiger partial charge in [0.05, 0.1) is 11.4 Å². The first kappa shape index (κ1) is 26.0. The highest BCUT2D eigenvalue weighted by Gasteiger charge is 2.40. The van der Waals surface area contributed by atoms with Gasteiger partial charge in [0, 0.05) is 61.8 Å². The minimum Gasteiger partial charge on any atom is -0.311 e. The summed E-state index contributed by atoms with van der Waals surface area (Å²) >= 11 is 0. The van der Waals surface area contributed by atoms with Crippen LogP contribution in [0.25, 0.3) is 11.4 Å². The number of para-hydroxylation sites is 2. The molecule has 6 rings (SSSR count). The molecule has 0 saturated heterocycles. The first-order valence-corrected chi connectivity index (χ1v) is 12.0. The van der Waals surface area contributed by atoms with Crippen LogP contribution < -0.4 is 10.6 Å². The highest BCUT2D eigenvalue weighted by Crippen LogP contribution is 2.34. The van der Waals surface area contributed by atoms with Gasteiger partial charge in [0.2, 0.25) is 11.6 Å². The Kier molecular flexibility index (Phi) is 7.01. The molecule has 0 radical (unpaired) electrons. The summed E-state index contributed by atoms with van der Waals surface area (Å²) in [6.45, 7) is 2.11. The molecule has 2 aliphatic heterocycles. The number of fused-ring (bicyclic) bond motifs is 2. The fraction of sp³-hybridized carbons (Fsp3) is 0.308. The lowest BCUT2D eigenvalue weighted by atomic mass is 10.1. The molecule has 2 aromatic heterocycles. The number of hydrogen-bond donors (Lipinski definition) is 2. The predicted molar refractivity (Wildman–Crippen MR) is 128 cm³/mol. The molecule has 6 nitrogen and oxygen atoms in total. The van der Waals surface area contributed by atoms with Crippen LogP contribution in [0, 0.1) is 0 Å². The number of alkyl halides is 6. The zero-order valence-electron chi connectivity index (χ0n) is 20.1. The van der Waals surface area contributed by atoms with Gasteiger partial charge in [-0.25, -0.2) is 9.97 Å². The van der Waals surface area contributed by atoms with Gasteiger partial charge >= 0.3 is 12.4 Å². The van der Waals surface area contributed by atoms with Gasteiger partial charge in [-0.15, -0.1) is 0 Å². The molecule has 4 heterocycles. The monoisotopic (exact) mass is 534 g/mol. The Labute approximate surface area is 214 Å². The van der Waals surface area contributed by atoms with E-state index in [0.29, 0.717) is 73.2 Å². The molecule has 0 aliphatic carbocycles. The summed E-state index contributed by atoms with van der Waals surface area (Å²) in [4.78, 5) is 7.55. The standard InChI is InChI=1S/2C13H12F3N3/c2*14-13(15,16)12-18-10-8-17-7-6-11(10)19(12)9-4-2-1-3-5-9/h2*1-5,17H,6-8H2. The van der Waals surface area contributed by atoms with Crippen molar-refractivity contribution < 1.29 is 26.3 Å². The Morgan fingerprint density at radius 3 is 1.29 bits per heavy atom. The van der Waals surface area contributed by atoms with Crippen molar-refractivity contribution in [2.24, 2.45) is 0 Å². The SMILES string of the molecule is FC(F)(F)c1nc2c(n1-c1ccccc1)CCNC2.FC(F)(F)c1nc2c(n1-c1ccccc1)CCNC2. The molecule has 0 amide bonds. The van der Waals surface area contributed by atoms with E-state index in [1.807, 2.05) is 0 Å². The maximum absolute atomic E-state index is 13.1. The van der Waals surface area contributed by atoms with Gasteiger partial charge in [-0.05, 0) is 24.3 Å². The second-order valence-corrected chi connectivity index (χ2v) is 8.85. The van der Waals surface area contributed by atoms with Gasteiger partial charge in [0.15, 0.2) is 0 Å². The van der Waals surface area contributed by atoms with Crippen LogP contribution in [0.2, 0.25) is 0 Å². The van der Waals surface area contributed by atoms with Gasteiger partial charge in [0.25, 0.3) is 0 Å². The van der Waals surface area contributed by atoms with Crippen LogP contribution in [0.5, 0.6) is 0 Å². The molecule has 0 saturated carbocycles. The number of rotatable bonds is 2. The first-order valence-electron chi connectivity index (χ1n) is 12.0. The second-order valence-electron chi connectivity index (χ2n) is 8.85. The van der Waals surface area contributed by atoms with E-state index in [2.05, 4.69) is 20.6 Å². The fourth-order valence-electron chi connectivity index (χ4n) is 4.71. The number of nitrogens with one attached hydrogen (secondary N) is 2. The van der Waals surface area contributed by atoms with Crippen LogP contribution in [0.1, 0.15) is 34.4 Å². The Morgan fingerprint density at radius 1 is 0.579 bits per heavy atom. The van der Waals surface area contributed by atoms with E-state index < -0.39 is 24.0 Å². The lowest BCUT2D eigenvalue weighted by molar-refractivity contribution is -0.146. The molecule has 2 aliphatic rings. The van der Waals surface area contributed by atoms with Crippen molar-refractivity contribution in [3.8, 4) is 11.4 Å². The maximum atomic E-state index is 13.1. The summed E-state index contributed by atoms with van der Waals surface area (Å²) in [7, 11) is 0. The van der Waals surface area contributed by atoms with Gasteiger partial charge in [-0.1, -0.05) is 36.4 Å². The highest BCUT2D eigenvalue weighted by atomic mass is 19.4. The van der Waals surface area contributed by atoms with E-state index in [9.17, 15) is 26.3 Å². The number of aromatic nitrogens is 4. The largest absolute Gasteiger partial charge is 0.450 e. The van der Waals surface area contributed by atoms with Gasteiger partial charge in [-0.2, -0.15) is 26.3 Å². The molecular weight excluding hydrogens is 510 g/mol. The minimum atomic E-state index is -4.45. The third kappa shape index (κ3) is 5.18. The van der Waals surface area contributed by atoms with Crippen LogP contribution in [0.15, 0.2) is 60.7 Å². The normalized spacial score (nSPS) is 15.3. The number of benzene rings is 2. The molecule has 0 bridgehead atoms. The van der Waals surface area contributed by atoms with Crippen molar-refractivity contribution in [1.29, 1.82) is 0 Å². The molecule has 0 spiro atoms. The topological polar surface area (TPSA) is 59.7 Å². The first-order chi connectivity index (χ1) is 18.1. The Morgan fingerprint density at radius 2 is 0.947 bits per heavy atom. The molecule has 4 aromatic rings. The second kappa shape index (κ2) is 10.3. The van der Waals surface area contributed by atoms with Gasteiger partial charge in [0.1, 0.15) is 0 Å². The van der Waals surface area contributed by atoms with E-state index in [1.54, 1.807) is 60.7 Å². The number of nitrogens with zero attached hydrogens (tertiary/aromatic N) is 4. The average Bonchev–Trinajstić information content (AvgIpc) is 3.50. The van der Waals surface area contributed by atoms with Crippen molar-refractivity contribution in [2.75, 3.05) is 13.1 Å². The summed E-state index contributed by atoms with van der Waals surface area (Å²) in [6, 6.07) is 17.1. The smallest absolute Gasteiger partial charge is 0.311 e. The van der Waals surface area contributed by atoms with Crippen LogP contribution >= 0.6 is 0 Å². The average molecular weight is 535 g/mol. The van der Waals surface area contributed by atoms with Crippen molar-refractivity contribution >= 4 is 0 Å². The molecule has 0 fully saturated rings. The summed E-state index contributed by atoms with van der Waals surface area (Å²) in [5.41, 5.74) is 3.29. The summed E-state index contributed by atoms with van der Waals surface area (Å²) < 4.78 is 81.2. The Hall–Kier alpha value is -3.64. The van der Waals surface area contributed by atoms with Crippen LogP contribution in [0.4, 0.5) is 26.3 Å². The summed E-state index contributed by atoms with van der Waals surface area (Å²) in [5.74, 6) is -1.68. The Bertz CT molecular complexity index is 1280. The van der Waals surface area contributed by atoms with Crippen molar-refractivity contribution in [2.45, 2.75) is 38.3 Å². The van der Waals surface area contributed by atoms with E-state index >= 15 is 0 Å². The molecule has 0 unspecified atom stereocenters. The van der Waals surface area contributed by atoms with E-state index in [0.717, 1.165) is 0 Å². The van der Waals surface area contributed by atoms with Crippen molar-refractivity contribution in [3.05, 3.63) is 95.1 Å². The van der Waals surface area contributed by atoms with Crippen molar-refractivity contribution in [1.82, 2.24) is 29.7 Å². The lowest BCUT2D eigenvalue weighted by Crippen LogP contribution is -2.25. The van der Waals surface area contributed by atoms with Crippen LogP contribution in [0.3, 0.4) is 0 Å². The van der Waals surface area contributed by atoms with Crippen LogP contribution in [-0.2, 0) is 38.3 Å². The van der Waals surface area contributed by atoms with Crippen LogP contribution in [-0.4, -0.2) is 32.2 Å². The number of hydrogen-bond acceptors (Lipinski definition) is 4. The highest BCUT2D eigenvalue weighted by molar-refractivity contribution is 5.40. The predicted octanol–water partition coefficient (Wildman–Crippen LogP) is 5.07. The summed E-state index contributed by atoms with van der Waals surface area (Å²) in [6.07, 6.45) is -7.80. The molecule has 0 atom stereocenters. The summed E-state index contributed by atoms with van der Waals surface area (Å²) in [5, 5.41) is 6.08.